The van der Waals surface area contributed by atoms with Gasteiger partial charge in [-0.05, 0) is 38.8 Å². The van der Waals surface area contributed by atoms with Crippen molar-refractivity contribution in [3.8, 4) is 0 Å². The number of fused-ring (bicyclic) bond motifs is 1. The Kier molecular flexibility index (Phi) is 5.60. The van der Waals surface area contributed by atoms with Gasteiger partial charge in [-0.25, -0.2) is 4.99 Å². The largest absolute Gasteiger partial charge is 0.338 e. The van der Waals surface area contributed by atoms with Gasteiger partial charge in [0.1, 0.15) is 0 Å². The van der Waals surface area contributed by atoms with E-state index in [1.165, 1.54) is 0 Å². The van der Waals surface area contributed by atoms with Crippen LogP contribution < -0.4 is 16.7 Å². The molecule has 0 aliphatic carbocycles. The summed E-state index contributed by atoms with van der Waals surface area (Å²) in [5, 5.41) is 11.2. The van der Waals surface area contributed by atoms with Crippen LogP contribution in [0.3, 0.4) is 0 Å². The fourth-order valence-corrected chi connectivity index (χ4v) is 3.04. The summed E-state index contributed by atoms with van der Waals surface area (Å²) in [5.74, 6) is 0.993. The molecule has 0 bridgehead atoms. The molecular formula is C20H29N7. The number of hydrogen-bond donors (Lipinski definition) is 3. The monoisotopic (exact) mass is 367 g/mol. The van der Waals surface area contributed by atoms with Crippen LogP contribution in [0.1, 0.15) is 52.3 Å². The lowest BCUT2D eigenvalue weighted by Gasteiger charge is -2.17. The molecule has 0 aliphatic rings. The lowest BCUT2D eigenvalue weighted by Crippen LogP contribution is -2.30. The summed E-state index contributed by atoms with van der Waals surface area (Å²) < 4.78 is 2.15. The zero-order valence-electron chi connectivity index (χ0n) is 16.7. The molecule has 7 heteroatoms. The molecule has 2 aromatic heterocycles. The highest BCUT2D eigenvalue weighted by atomic mass is 15.2. The van der Waals surface area contributed by atoms with Gasteiger partial charge in [-0.2, -0.15) is 10.1 Å². The van der Waals surface area contributed by atoms with Crippen LogP contribution in [-0.2, 0) is 0 Å². The van der Waals surface area contributed by atoms with Crippen molar-refractivity contribution in [1.29, 1.82) is 0 Å². The third-order valence-electron chi connectivity index (χ3n) is 4.31. The van der Waals surface area contributed by atoms with Crippen LogP contribution in [-0.4, -0.2) is 32.3 Å². The molecule has 7 nitrogen and oxygen atoms in total. The maximum Gasteiger partial charge on any atom is 0.227 e. The van der Waals surface area contributed by atoms with E-state index in [0.717, 1.165) is 22.4 Å². The topological polar surface area (TPSA) is 96.9 Å². The standard InChI is InChI=1S/C20H29N7/c1-12(2)16-18-17(26-25-16)19(23-15-9-7-6-8-10-15)24-20(22-11-14(5)21)27(18)13(3)4/h6-10,12-14H,11,21H2,1-5H3,(H,25,26)(H,22,23,24). The molecule has 144 valence electrons. The van der Waals surface area contributed by atoms with Gasteiger partial charge in [-0.3, -0.25) is 5.10 Å². The summed E-state index contributed by atoms with van der Waals surface area (Å²) in [7, 11) is 0. The lowest BCUT2D eigenvalue weighted by molar-refractivity contribution is 0.564. The fraction of sp³-hybridized carbons (Fsp3) is 0.450. The summed E-state index contributed by atoms with van der Waals surface area (Å²) in [6.07, 6.45) is 0. The van der Waals surface area contributed by atoms with Crippen molar-refractivity contribution >= 4 is 22.5 Å². The SMILES string of the molecule is CC(N)CN=c1nc(Nc2ccccc2)c2n[nH]c(C(C)C)c2n1C(C)C. The molecule has 0 fully saturated rings. The second kappa shape index (κ2) is 7.92. The number of benzene rings is 1. The Morgan fingerprint density at radius 1 is 1.15 bits per heavy atom. The summed E-state index contributed by atoms with van der Waals surface area (Å²) in [6.45, 7) is 11.0. The van der Waals surface area contributed by atoms with Crippen LogP contribution in [0.15, 0.2) is 35.3 Å². The van der Waals surface area contributed by atoms with Gasteiger partial charge in [0.15, 0.2) is 11.3 Å². The minimum Gasteiger partial charge on any atom is -0.338 e. The Morgan fingerprint density at radius 3 is 2.44 bits per heavy atom. The first-order valence-electron chi connectivity index (χ1n) is 9.47. The third-order valence-corrected chi connectivity index (χ3v) is 4.31. The van der Waals surface area contributed by atoms with E-state index in [0.29, 0.717) is 23.9 Å². The van der Waals surface area contributed by atoms with Crippen LogP contribution in [0.2, 0.25) is 0 Å². The van der Waals surface area contributed by atoms with Gasteiger partial charge in [-0.15, -0.1) is 0 Å². The average molecular weight is 368 g/mol. The molecule has 1 unspecified atom stereocenters. The third kappa shape index (κ3) is 4.03. The van der Waals surface area contributed by atoms with Crippen LogP contribution in [0, 0.1) is 0 Å². The fourth-order valence-electron chi connectivity index (χ4n) is 3.04. The molecule has 0 saturated carbocycles. The summed E-state index contributed by atoms with van der Waals surface area (Å²) in [6, 6.07) is 10.1. The molecule has 0 saturated heterocycles. The highest BCUT2D eigenvalue weighted by molar-refractivity contribution is 5.89. The Hall–Kier alpha value is -2.67. The predicted molar refractivity (Wildman–Crippen MR) is 110 cm³/mol. The number of para-hydroxylation sites is 1. The molecule has 4 N–H and O–H groups in total. The number of H-pyrrole nitrogens is 1. The van der Waals surface area contributed by atoms with E-state index in [4.69, 9.17) is 15.7 Å². The molecule has 2 heterocycles. The van der Waals surface area contributed by atoms with Crippen LogP contribution in [0.25, 0.3) is 11.0 Å². The van der Waals surface area contributed by atoms with E-state index in [1.54, 1.807) is 0 Å². The van der Waals surface area contributed by atoms with Gasteiger partial charge in [-0.1, -0.05) is 32.0 Å². The molecule has 0 amide bonds. The maximum atomic E-state index is 5.93. The minimum atomic E-state index is -0.0254. The summed E-state index contributed by atoms with van der Waals surface area (Å²) >= 11 is 0. The zero-order valence-corrected chi connectivity index (χ0v) is 16.7. The number of nitrogens with two attached hydrogens (primary N) is 1. The van der Waals surface area contributed by atoms with Crippen molar-refractivity contribution in [3.63, 3.8) is 0 Å². The van der Waals surface area contributed by atoms with Crippen molar-refractivity contribution in [2.24, 2.45) is 10.7 Å². The van der Waals surface area contributed by atoms with Crippen LogP contribution >= 0.6 is 0 Å². The van der Waals surface area contributed by atoms with E-state index >= 15 is 0 Å². The number of anilines is 2. The quantitative estimate of drug-likeness (QED) is 0.621. The highest BCUT2D eigenvalue weighted by Crippen LogP contribution is 2.28. The summed E-state index contributed by atoms with van der Waals surface area (Å²) in [5.41, 5.74) is 10.5. The minimum absolute atomic E-state index is 0.0254. The lowest BCUT2D eigenvalue weighted by atomic mass is 10.1. The Labute approximate surface area is 159 Å². The molecule has 3 rings (SSSR count). The van der Waals surface area contributed by atoms with Crippen LogP contribution in [0.4, 0.5) is 11.5 Å². The van der Waals surface area contributed by atoms with Crippen molar-refractivity contribution in [1.82, 2.24) is 19.7 Å². The van der Waals surface area contributed by atoms with E-state index in [9.17, 15) is 0 Å². The van der Waals surface area contributed by atoms with Gasteiger partial charge < -0.3 is 15.6 Å². The smallest absolute Gasteiger partial charge is 0.227 e. The molecular weight excluding hydrogens is 338 g/mol. The first-order chi connectivity index (χ1) is 12.9. The van der Waals surface area contributed by atoms with Crippen molar-refractivity contribution in [3.05, 3.63) is 41.6 Å². The molecule has 3 aromatic rings. The molecule has 0 radical (unpaired) electrons. The number of nitrogens with one attached hydrogen (secondary N) is 2. The first-order valence-corrected chi connectivity index (χ1v) is 9.47. The van der Waals surface area contributed by atoms with E-state index in [2.05, 4.69) is 47.8 Å². The predicted octanol–water partition coefficient (Wildman–Crippen LogP) is 3.46. The molecule has 0 aliphatic heterocycles. The maximum absolute atomic E-state index is 5.93. The second-order valence-electron chi connectivity index (χ2n) is 7.52. The molecule has 1 aromatic carbocycles. The van der Waals surface area contributed by atoms with Gasteiger partial charge >= 0.3 is 0 Å². The number of aromatic amines is 1. The number of nitrogens with zero attached hydrogens (tertiary/aromatic N) is 4. The Bertz CT molecular complexity index is 965. The van der Waals surface area contributed by atoms with E-state index < -0.39 is 0 Å². The normalized spacial score (nSPS) is 13.7. The van der Waals surface area contributed by atoms with E-state index in [-0.39, 0.29) is 12.1 Å². The van der Waals surface area contributed by atoms with Crippen molar-refractivity contribution < 1.29 is 0 Å². The first kappa shape index (κ1) is 19.1. The Balaban J connectivity index is 2.29. The highest BCUT2D eigenvalue weighted by Gasteiger charge is 2.20. The number of aromatic nitrogens is 4. The van der Waals surface area contributed by atoms with Gasteiger partial charge in [0.25, 0.3) is 0 Å². The molecule has 0 spiro atoms. The molecule has 27 heavy (non-hydrogen) atoms. The van der Waals surface area contributed by atoms with Crippen LogP contribution in [0.5, 0.6) is 0 Å². The average Bonchev–Trinajstić information content (AvgIpc) is 3.05. The number of hydrogen-bond acceptors (Lipinski definition) is 5. The summed E-state index contributed by atoms with van der Waals surface area (Å²) in [4.78, 5) is 9.51. The Morgan fingerprint density at radius 2 is 1.85 bits per heavy atom. The molecule has 1 atom stereocenters. The van der Waals surface area contributed by atoms with Gasteiger partial charge in [0.05, 0.1) is 17.8 Å². The van der Waals surface area contributed by atoms with E-state index in [1.807, 2.05) is 37.3 Å². The number of rotatable bonds is 6. The van der Waals surface area contributed by atoms with Crippen molar-refractivity contribution in [2.75, 3.05) is 11.9 Å². The second-order valence-corrected chi connectivity index (χ2v) is 7.52. The zero-order chi connectivity index (χ0) is 19.6. The van der Waals surface area contributed by atoms with Gasteiger partial charge in [0, 0.05) is 17.8 Å². The van der Waals surface area contributed by atoms with Crippen molar-refractivity contribution in [2.45, 2.75) is 52.6 Å². The van der Waals surface area contributed by atoms with Gasteiger partial charge in [0.2, 0.25) is 5.62 Å².